The second-order valence-corrected chi connectivity index (χ2v) is 15.6. The highest BCUT2D eigenvalue weighted by Gasteiger charge is 2.20. The monoisotopic (exact) mass is 747 g/mol. The fourth-order valence-electron chi connectivity index (χ4n) is 9.61. The molecule has 0 N–H and O–H groups in total. The van der Waals surface area contributed by atoms with E-state index < -0.39 is 0 Å². The highest BCUT2D eigenvalue weighted by molar-refractivity contribution is 6.28. The molecule has 1 nitrogen and oxygen atoms in total. The van der Waals surface area contributed by atoms with Crippen LogP contribution < -0.4 is 0 Å². The first kappa shape index (κ1) is 33.4. The molecule has 0 unspecified atom stereocenters. The van der Waals surface area contributed by atoms with Crippen molar-refractivity contribution >= 4 is 64.9 Å². The molecule has 59 heavy (non-hydrogen) atoms. The Morgan fingerprint density at radius 2 is 0.729 bits per heavy atom. The van der Waals surface area contributed by atoms with Gasteiger partial charge in [-0.25, -0.2) is 0 Å². The van der Waals surface area contributed by atoms with Crippen LogP contribution in [-0.4, -0.2) is 4.57 Å². The second-order valence-electron chi connectivity index (χ2n) is 15.6. The van der Waals surface area contributed by atoms with Crippen molar-refractivity contribution in [3.05, 3.63) is 224 Å². The number of hydrogen-bond acceptors (Lipinski definition) is 0. The zero-order valence-electron chi connectivity index (χ0n) is 32.3. The second kappa shape index (κ2) is 13.4. The lowest BCUT2D eigenvalue weighted by Gasteiger charge is -2.19. The first-order chi connectivity index (χ1) is 29.3. The van der Waals surface area contributed by atoms with Crippen molar-refractivity contribution in [2.75, 3.05) is 0 Å². The van der Waals surface area contributed by atoms with Crippen molar-refractivity contribution in [3.63, 3.8) is 0 Å². The standard InChI is InChI=1S/C58H37N/c1-4-14-38(15-5-1)44-28-32-54-52(36-44)53-37-45(39-16-6-2-7-17-39)29-33-55(53)59(54)47-30-26-42-34-46(25-24-43(42)35-47)56-49-22-12-13-23-50(49)57(41-19-8-3-9-20-41)58-48-21-11-10-18-40(48)27-31-51(56)58/h1-37H. The summed E-state index contributed by atoms with van der Waals surface area (Å²) in [6.45, 7) is 0. The molecule has 0 aliphatic rings. The third-order valence-electron chi connectivity index (χ3n) is 12.3. The number of benzene rings is 11. The molecule has 0 aliphatic heterocycles. The largest absolute Gasteiger partial charge is 0.309 e. The lowest BCUT2D eigenvalue weighted by Crippen LogP contribution is -1.94. The van der Waals surface area contributed by atoms with E-state index in [9.17, 15) is 0 Å². The smallest absolute Gasteiger partial charge is 0.0541 e. The lowest BCUT2D eigenvalue weighted by molar-refractivity contribution is 1.19. The summed E-state index contributed by atoms with van der Waals surface area (Å²) in [7, 11) is 0. The molecule has 0 aliphatic carbocycles. The molecular weight excluding hydrogens is 711 g/mol. The van der Waals surface area contributed by atoms with Gasteiger partial charge in [0.1, 0.15) is 0 Å². The van der Waals surface area contributed by atoms with Crippen LogP contribution in [-0.2, 0) is 0 Å². The van der Waals surface area contributed by atoms with Crippen LogP contribution in [0.5, 0.6) is 0 Å². The Balaban J connectivity index is 1.06. The maximum atomic E-state index is 2.44. The molecule has 1 heteroatoms. The summed E-state index contributed by atoms with van der Waals surface area (Å²) in [5.41, 5.74) is 13.5. The molecule has 0 bridgehead atoms. The number of fused-ring (bicyclic) bond motifs is 8. The number of aromatic nitrogens is 1. The molecule has 0 saturated carbocycles. The van der Waals surface area contributed by atoms with Gasteiger partial charge in [0.15, 0.2) is 0 Å². The summed E-state index contributed by atoms with van der Waals surface area (Å²) in [5.74, 6) is 0. The Bertz CT molecular complexity index is 3480. The van der Waals surface area contributed by atoms with Crippen LogP contribution >= 0.6 is 0 Å². The van der Waals surface area contributed by atoms with E-state index in [2.05, 4.69) is 229 Å². The van der Waals surface area contributed by atoms with E-state index in [4.69, 9.17) is 0 Å². The normalized spacial score (nSPS) is 11.7. The average Bonchev–Trinajstić information content (AvgIpc) is 3.64. The van der Waals surface area contributed by atoms with Crippen molar-refractivity contribution < 1.29 is 0 Å². The van der Waals surface area contributed by atoms with E-state index >= 15 is 0 Å². The first-order valence-corrected chi connectivity index (χ1v) is 20.4. The summed E-state index contributed by atoms with van der Waals surface area (Å²) in [4.78, 5) is 0. The van der Waals surface area contributed by atoms with Gasteiger partial charge in [0.25, 0.3) is 0 Å². The Morgan fingerprint density at radius 1 is 0.237 bits per heavy atom. The molecule has 274 valence electrons. The number of rotatable bonds is 5. The predicted molar refractivity (Wildman–Crippen MR) is 253 cm³/mol. The Kier molecular flexibility index (Phi) is 7.61. The van der Waals surface area contributed by atoms with Crippen LogP contribution in [0.4, 0.5) is 0 Å². The van der Waals surface area contributed by atoms with Gasteiger partial charge in [-0.05, 0) is 130 Å². The average molecular weight is 748 g/mol. The zero-order chi connectivity index (χ0) is 38.9. The van der Waals surface area contributed by atoms with Crippen molar-refractivity contribution in [2.45, 2.75) is 0 Å². The van der Waals surface area contributed by atoms with Crippen molar-refractivity contribution in [1.82, 2.24) is 4.57 Å². The minimum absolute atomic E-state index is 1.15. The summed E-state index contributed by atoms with van der Waals surface area (Å²) >= 11 is 0. The minimum atomic E-state index is 1.15. The molecule has 0 atom stereocenters. The Morgan fingerprint density at radius 3 is 1.37 bits per heavy atom. The highest BCUT2D eigenvalue weighted by Crippen LogP contribution is 2.47. The van der Waals surface area contributed by atoms with Gasteiger partial charge in [-0.1, -0.05) is 182 Å². The van der Waals surface area contributed by atoms with Crippen molar-refractivity contribution in [2.24, 2.45) is 0 Å². The first-order valence-electron chi connectivity index (χ1n) is 20.4. The molecule has 12 rings (SSSR count). The highest BCUT2D eigenvalue weighted by atomic mass is 15.0. The molecule has 1 aromatic heterocycles. The van der Waals surface area contributed by atoms with Gasteiger partial charge < -0.3 is 4.57 Å². The summed E-state index contributed by atoms with van der Waals surface area (Å²) in [6, 6.07) is 82.5. The van der Waals surface area contributed by atoms with Crippen molar-refractivity contribution in [3.8, 4) is 50.2 Å². The van der Waals surface area contributed by atoms with Crippen LogP contribution in [0.3, 0.4) is 0 Å². The molecule has 0 spiro atoms. The molecule has 12 aromatic rings. The molecule has 1 heterocycles. The van der Waals surface area contributed by atoms with Gasteiger partial charge in [-0.15, -0.1) is 0 Å². The molecule has 0 fully saturated rings. The van der Waals surface area contributed by atoms with Crippen LogP contribution in [0.25, 0.3) is 115 Å². The quantitative estimate of drug-likeness (QED) is 0.122. The lowest BCUT2D eigenvalue weighted by atomic mass is 9.84. The maximum absolute atomic E-state index is 2.44. The van der Waals surface area contributed by atoms with Gasteiger partial charge >= 0.3 is 0 Å². The maximum Gasteiger partial charge on any atom is 0.0541 e. The van der Waals surface area contributed by atoms with Gasteiger partial charge in [0, 0.05) is 16.5 Å². The topological polar surface area (TPSA) is 4.93 Å². The van der Waals surface area contributed by atoms with Gasteiger partial charge in [0.05, 0.1) is 11.0 Å². The van der Waals surface area contributed by atoms with Gasteiger partial charge in [0.2, 0.25) is 0 Å². The zero-order valence-corrected chi connectivity index (χ0v) is 32.3. The molecule has 0 amide bonds. The van der Waals surface area contributed by atoms with Gasteiger partial charge in [-0.3, -0.25) is 0 Å². The fourth-order valence-corrected chi connectivity index (χ4v) is 9.61. The summed E-state index contributed by atoms with van der Waals surface area (Å²) in [6.07, 6.45) is 0. The summed E-state index contributed by atoms with van der Waals surface area (Å²) < 4.78 is 2.44. The molecule has 0 saturated heterocycles. The number of hydrogen-bond donors (Lipinski definition) is 0. The van der Waals surface area contributed by atoms with E-state index in [1.165, 1.54) is 109 Å². The van der Waals surface area contributed by atoms with Gasteiger partial charge in [-0.2, -0.15) is 0 Å². The predicted octanol–water partition coefficient (Wildman–Crippen LogP) is 16.1. The summed E-state index contributed by atoms with van der Waals surface area (Å²) in [5, 5.41) is 12.6. The SMILES string of the molecule is c1ccc(-c2ccc3c(c2)c2cc(-c4ccccc4)ccc2n3-c2ccc3cc(-c4c5ccccc5c(-c5ccccc5)c5c4ccc4ccccc45)ccc3c2)cc1. The van der Waals surface area contributed by atoms with E-state index in [0.717, 1.165) is 5.69 Å². The van der Waals surface area contributed by atoms with E-state index in [0.29, 0.717) is 0 Å². The third-order valence-corrected chi connectivity index (χ3v) is 12.3. The van der Waals surface area contributed by atoms with E-state index in [1.54, 1.807) is 0 Å². The minimum Gasteiger partial charge on any atom is -0.309 e. The third kappa shape index (κ3) is 5.40. The molecule has 11 aromatic carbocycles. The van der Waals surface area contributed by atoms with Crippen LogP contribution in [0.15, 0.2) is 224 Å². The molecular formula is C58H37N. The Labute approximate surface area is 342 Å². The Hall–Kier alpha value is -7.74. The number of nitrogens with zero attached hydrogens (tertiary/aromatic N) is 1. The molecule has 0 radical (unpaired) electrons. The fraction of sp³-hybridized carbons (Fsp3) is 0. The van der Waals surface area contributed by atoms with Crippen LogP contribution in [0, 0.1) is 0 Å². The van der Waals surface area contributed by atoms with E-state index in [1.807, 2.05) is 0 Å². The van der Waals surface area contributed by atoms with Crippen LogP contribution in [0.2, 0.25) is 0 Å². The van der Waals surface area contributed by atoms with Crippen LogP contribution in [0.1, 0.15) is 0 Å². The van der Waals surface area contributed by atoms with Crippen molar-refractivity contribution in [1.29, 1.82) is 0 Å². The van der Waals surface area contributed by atoms with E-state index in [-0.39, 0.29) is 0 Å².